The van der Waals surface area contributed by atoms with Crippen molar-refractivity contribution in [3.05, 3.63) is 41.7 Å². The summed E-state index contributed by atoms with van der Waals surface area (Å²) < 4.78 is 12.5. The number of hydrogen-bond acceptors (Lipinski definition) is 4. The lowest BCUT2D eigenvalue weighted by molar-refractivity contribution is 0.354. The predicted octanol–water partition coefficient (Wildman–Crippen LogP) is 2.39. The highest BCUT2D eigenvalue weighted by Crippen LogP contribution is 2.27. The number of hydrogen-bond donors (Lipinski definition) is 1. The Morgan fingerprint density at radius 1 is 1.24 bits per heavy atom. The standard InChI is InChI=1S/C16H23N3O2/c1-12-8-18-19(10-12)11-13(2)17-9-14-5-6-15(20-3)16(7-14)21-4/h5-8,10,13,17H,9,11H2,1-4H3/t13-/m1/s1. The first-order valence-electron chi connectivity index (χ1n) is 7.05. The van der Waals surface area contributed by atoms with Crippen molar-refractivity contribution in [3.63, 3.8) is 0 Å². The van der Waals surface area contributed by atoms with Gasteiger partial charge in [0.25, 0.3) is 0 Å². The molecule has 1 atom stereocenters. The third kappa shape index (κ3) is 4.23. The third-order valence-corrected chi connectivity index (χ3v) is 3.33. The number of methoxy groups -OCH3 is 2. The van der Waals surface area contributed by atoms with Crippen molar-refractivity contribution >= 4 is 0 Å². The minimum absolute atomic E-state index is 0.331. The van der Waals surface area contributed by atoms with Crippen LogP contribution in [0.15, 0.2) is 30.6 Å². The fourth-order valence-corrected chi connectivity index (χ4v) is 2.19. The molecule has 1 aromatic heterocycles. The Hall–Kier alpha value is -2.01. The van der Waals surface area contributed by atoms with Gasteiger partial charge in [0, 0.05) is 18.8 Å². The number of benzene rings is 1. The second kappa shape index (κ2) is 7.13. The van der Waals surface area contributed by atoms with Gasteiger partial charge in [0.1, 0.15) is 0 Å². The van der Waals surface area contributed by atoms with Crippen molar-refractivity contribution in [3.8, 4) is 11.5 Å². The Balaban J connectivity index is 1.90. The average molecular weight is 289 g/mol. The van der Waals surface area contributed by atoms with Crippen LogP contribution in [0.3, 0.4) is 0 Å². The normalized spacial score (nSPS) is 12.2. The van der Waals surface area contributed by atoms with Crippen molar-refractivity contribution in [2.24, 2.45) is 0 Å². The molecule has 0 saturated carbocycles. The predicted molar refractivity (Wildman–Crippen MR) is 82.8 cm³/mol. The van der Waals surface area contributed by atoms with E-state index in [9.17, 15) is 0 Å². The maximum absolute atomic E-state index is 5.32. The van der Waals surface area contributed by atoms with Crippen LogP contribution in [0.5, 0.6) is 11.5 Å². The van der Waals surface area contributed by atoms with Gasteiger partial charge in [-0.1, -0.05) is 6.07 Å². The molecular weight excluding hydrogens is 266 g/mol. The van der Waals surface area contributed by atoms with E-state index >= 15 is 0 Å². The largest absolute Gasteiger partial charge is 0.493 e. The molecule has 21 heavy (non-hydrogen) atoms. The highest BCUT2D eigenvalue weighted by atomic mass is 16.5. The molecule has 0 amide bonds. The zero-order chi connectivity index (χ0) is 15.2. The Morgan fingerprint density at radius 2 is 2.00 bits per heavy atom. The Labute approximate surface area is 125 Å². The molecule has 1 N–H and O–H groups in total. The van der Waals surface area contributed by atoms with Crippen LogP contribution in [-0.2, 0) is 13.1 Å². The van der Waals surface area contributed by atoms with Crippen LogP contribution in [0.25, 0.3) is 0 Å². The SMILES string of the molecule is COc1ccc(CN[C@H](C)Cn2cc(C)cn2)cc1OC. The van der Waals surface area contributed by atoms with E-state index in [4.69, 9.17) is 9.47 Å². The molecule has 0 spiro atoms. The molecule has 114 valence electrons. The van der Waals surface area contributed by atoms with Gasteiger partial charge in [-0.25, -0.2) is 0 Å². The first kappa shape index (κ1) is 15.4. The maximum atomic E-state index is 5.32. The fraction of sp³-hybridized carbons (Fsp3) is 0.438. The van der Waals surface area contributed by atoms with Crippen molar-refractivity contribution < 1.29 is 9.47 Å². The van der Waals surface area contributed by atoms with Gasteiger partial charge in [0.2, 0.25) is 0 Å². The van der Waals surface area contributed by atoms with Gasteiger partial charge < -0.3 is 14.8 Å². The molecule has 5 heteroatoms. The number of rotatable bonds is 7. The molecule has 2 aromatic rings. The van der Waals surface area contributed by atoms with E-state index in [1.807, 2.05) is 36.0 Å². The first-order valence-corrected chi connectivity index (χ1v) is 7.05. The number of aromatic nitrogens is 2. The topological polar surface area (TPSA) is 48.3 Å². The van der Waals surface area contributed by atoms with Crippen molar-refractivity contribution in [2.45, 2.75) is 33.0 Å². The molecular formula is C16H23N3O2. The average Bonchev–Trinajstić information content (AvgIpc) is 2.89. The summed E-state index contributed by atoms with van der Waals surface area (Å²) in [5.41, 5.74) is 2.35. The number of nitrogens with zero attached hydrogens (tertiary/aromatic N) is 2. The first-order chi connectivity index (χ1) is 10.1. The van der Waals surface area contributed by atoms with Crippen LogP contribution < -0.4 is 14.8 Å². The lowest BCUT2D eigenvalue weighted by atomic mass is 10.2. The molecule has 0 unspecified atom stereocenters. The highest BCUT2D eigenvalue weighted by molar-refractivity contribution is 5.42. The molecule has 0 bridgehead atoms. The van der Waals surface area contributed by atoms with E-state index in [2.05, 4.69) is 23.5 Å². The molecule has 0 radical (unpaired) electrons. The summed E-state index contributed by atoms with van der Waals surface area (Å²) >= 11 is 0. The molecule has 0 saturated heterocycles. The van der Waals surface area contributed by atoms with E-state index in [-0.39, 0.29) is 0 Å². The van der Waals surface area contributed by atoms with Gasteiger partial charge in [-0.2, -0.15) is 5.10 Å². The maximum Gasteiger partial charge on any atom is 0.161 e. The molecule has 0 aliphatic rings. The van der Waals surface area contributed by atoms with Crippen LogP contribution in [0.4, 0.5) is 0 Å². The number of ether oxygens (including phenoxy) is 2. The van der Waals surface area contributed by atoms with Crippen LogP contribution in [0.2, 0.25) is 0 Å². The summed E-state index contributed by atoms with van der Waals surface area (Å²) in [7, 11) is 3.29. The molecule has 1 aromatic carbocycles. The minimum Gasteiger partial charge on any atom is -0.493 e. The van der Waals surface area contributed by atoms with E-state index in [0.29, 0.717) is 6.04 Å². The third-order valence-electron chi connectivity index (χ3n) is 3.33. The summed E-state index contributed by atoms with van der Waals surface area (Å²) in [5.74, 6) is 1.51. The zero-order valence-electron chi connectivity index (χ0n) is 13.1. The summed E-state index contributed by atoms with van der Waals surface area (Å²) in [6.45, 7) is 5.83. The second-order valence-corrected chi connectivity index (χ2v) is 5.21. The molecule has 1 heterocycles. The summed E-state index contributed by atoms with van der Waals surface area (Å²) in [6, 6.07) is 6.30. The van der Waals surface area contributed by atoms with Crippen molar-refractivity contribution in [2.75, 3.05) is 14.2 Å². The van der Waals surface area contributed by atoms with Gasteiger partial charge in [-0.3, -0.25) is 4.68 Å². The van der Waals surface area contributed by atoms with Crippen LogP contribution in [-0.4, -0.2) is 30.0 Å². The Morgan fingerprint density at radius 3 is 2.62 bits per heavy atom. The summed E-state index contributed by atoms with van der Waals surface area (Å²) in [5, 5.41) is 7.79. The van der Waals surface area contributed by atoms with Gasteiger partial charge in [-0.05, 0) is 37.1 Å². The van der Waals surface area contributed by atoms with Crippen LogP contribution in [0.1, 0.15) is 18.1 Å². The molecule has 0 aliphatic heterocycles. The molecule has 0 aliphatic carbocycles. The zero-order valence-corrected chi connectivity index (χ0v) is 13.1. The van der Waals surface area contributed by atoms with Gasteiger partial charge in [0.05, 0.1) is 27.0 Å². The summed E-state index contributed by atoms with van der Waals surface area (Å²) in [4.78, 5) is 0. The van der Waals surface area contributed by atoms with E-state index in [1.165, 1.54) is 5.56 Å². The number of aryl methyl sites for hydroxylation is 1. The van der Waals surface area contributed by atoms with Gasteiger partial charge in [-0.15, -0.1) is 0 Å². The lowest BCUT2D eigenvalue weighted by Gasteiger charge is -2.15. The molecule has 5 nitrogen and oxygen atoms in total. The monoisotopic (exact) mass is 289 g/mol. The quantitative estimate of drug-likeness (QED) is 0.850. The second-order valence-electron chi connectivity index (χ2n) is 5.21. The van der Waals surface area contributed by atoms with Crippen LogP contribution in [0, 0.1) is 6.92 Å². The smallest absolute Gasteiger partial charge is 0.161 e. The minimum atomic E-state index is 0.331. The highest BCUT2D eigenvalue weighted by Gasteiger charge is 2.07. The number of nitrogens with one attached hydrogen (secondary N) is 1. The molecule has 0 fully saturated rings. The fourth-order valence-electron chi connectivity index (χ4n) is 2.19. The van der Waals surface area contributed by atoms with Gasteiger partial charge in [0.15, 0.2) is 11.5 Å². The summed E-state index contributed by atoms with van der Waals surface area (Å²) in [6.07, 6.45) is 3.93. The Kier molecular flexibility index (Phi) is 5.22. The van der Waals surface area contributed by atoms with Crippen molar-refractivity contribution in [1.29, 1.82) is 0 Å². The van der Waals surface area contributed by atoms with Crippen LogP contribution >= 0.6 is 0 Å². The molecule has 2 rings (SSSR count). The van der Waals surface area contributed by atoms with E-state index in [1.54, 1.807) is 14.2 Å². The lowest BCUT2D eigenvalue weighted by Crippen LogP contribution is -2.30. The van der Waals surface area contributed by atoms with Crippen molar-refractivity contribution in [1.82, 2.24) is 15.1 Å². The Bertz CT molecular complexity index is 581. The van der Waals surface area contributed by atoms with E-state index in [0.717, 1.165) is 30.2 Å². The van der Waals surface area contributed by atoms with Gasteiger partial charge >= 0.3 is 0 Å². The van der Waals surface area contributed by atoms with E-state index < -0.39 is 0 Å².